The number of hydrogen-bond acceptors (Lipinski definition) is 4. The van der Waals surface area contributed by atoms with E-state index < -0.39 is 6.10 Å². The Hall–Kier alpha value is -2.99. The summed E-state index contributed by atoms with van der Waals surface area (Å²) in [5, 5.41) is 18.8. The molecule has 6 nitrogen and oxygen atoms in total. The van der Waals surface area contributed by atoms with E-state index in [0.717, 1.165) is 24.0 Å². The highest BCUT2D eigenvalue weighted by atomic mass is 16.3. The van der Waals surface area contributed by atoms with Crippen LogP contribution in [0.1, 0.15) is 40.6 Å². The third-order valence-electron chi connectivity index (χ3n) is 5.36. The van der Waals surface area contributed by atoms with E-state index in [4.69, 9.17) is 0 Å². The molecule has 1 atom stereocenters. The second-order valence-electron chi connectivity index (χ2n) is 7.27. The van der Waals surface area contributed by atoms with Gasteiger partial charge in [-0.1, -0.05) is 65.9 Å². The minimum absolute atomic E-state index is 0.0908. The lowest BCUT2D eigenvalue weighted by atomic mass is 9.87. The largest absolute Gasteiger partial charge is 0.388 e. The zero-order valence-corrected chi connectivity index (χ0v) is 15.7. The summed E-state index contributed by atoms with van der Waals surface area (Å²) in [5.74, 6) is 0.0761. The Morgan fingerprint density at radius 2 is 1.68 bits per heavy atom. The fraction of sp³-hybridized carbons (Fsp3) is 0.318. The molecule has 0 radical (unpaired) electrons. The molecular weight excluding hydrogens is 352 g/mol. The first kappa shape index (κ1) is 18.4. The maximum absolute atomic E-state index is 12.8. The number of benzene rings is 2. The molecule has 1 amide bonds. The normalized spacial score (nSPS) is 16.1. The zero-order valence-electron chi connectivity index (χ0n) is 15.7. The van der Waals surface area contributed by atoms with Gasteiger partial charge >= 0.3 is 0 Å². The van der Waals surface area contributed by atoms with Crippen molar-refractivity contribution in [2.45, 2.75) is 25.5 Å². The number of amides is 1. The van der Waals surface area contributed by atoms with Crippen LogP contribution < -0.4 is 0 Å². The summed E-state index contributed by atoms with van der Waals surface area (Å²) >= 11 is 0. The molecule has 6 heteroatoms. The Labute approximate surface area is 164 Å². The van der Waals surface area contributed by atoms with Gasteiger partial charge in [-0.15, -0.1) is 5.10 Å². The summed E-state index contributed by atoms with van der Waals surface area (Å²) in [6.45, 7) is 1.84. The smallest absolute Gasteiger partial charge is 0.276 e. The molecule has 0 bridgehead atoms. The van der Waals surface area contributed by atoms with Gasteiger partial charge in [0, 0.05) is 13.1 Å². The Balaban J connectivity index is 1.34. The highest BCUT2D eigenvalue weighted by Crippen LogP contribution is 2.30. The molecule has 3 aromatic rings. The highest BCUT2D eigenvalue weighted by molar-refractivity contribution is 5.92. The predicted octanol–water partition coefficient (Wildman–Crippen LogP) is 2.91. The molecule has 0 saturated carbocycles. The number of aromatic nitrogens is 3. The molecule has 1 aliphatic heterocycles. The van der Waals surface area contributed by atoms with Crippen LogP contribution in [0.4, 0.5) is 0 Å². The number of carbonyl (C=O) groups is 1. The molecule has 1 fully saturated rings. The maximum Gasteiger partial charge on any atom is 0.276 e. The van der Waals surface area contributed by atoms with E-state index in [-0.39, 0.29) is 11.8 Å². The van der Waals surface area contributed by atoms with E-state index in [2.05, 4.69) is 10.3 Å². The topological polar surface area (TPSA) is 71.2 Å². The van der Waals surface area contributed by atoms with Crippen molar-refractivity contribution in [2.75, 3.05) is 13.1 Å². The number of aliphatic hydroxyl groups excluding tert-OH is 1. The van der Waals surface area contributed by atoms with Gasteiger partial charge in [0.2, 0.25) is 0 Å². The first-order valence-corrected chi connectivity index (χ1v) is 9.67. The van der Waals surface area contributed by atoms with E-state index in [9.17, 15) is 9.90 Å². The lowest BCUT2D eigenvalue weighted by molar-refractivity contribution is 0.0458. The number of nitrogens with zero attached hydrogens (tertiary/aromatic N) is 4. The summed E-state index contributed by atoms with van der Waals surface area (Å²) < 4.78 is 1.69. The van der Waals surface area contributed by atoms with Crippen molar-refractivity contribution in [3.05, 3.63) is 83.7 Å². The lowest BCUT2D eigenvalue weighted by Crippen LogP contribution is -2.40. The second kappa shape index (κ2) is 8.35. The van der Waals surface area contributed by atoms with Crippen molar-refractivity contribution in [1.82, 2.24) is 19.9 Å². The standard InChI is InChI=1S/C22H24N4O2/c27-21(18-9-5-2-6-10-18)19-11-13-25(14-12-19)22(28)20-16-26(24-23-20)15-17-7-3-1-4-8-17/h1-10,16,19,21,27H,11-15H2. The van der Waals surface area contributed by atoms with Crippen molar-refractivity contribution in [2.24, 2.45) is 5.92 Å². The van der Waals surface area contributed by atoms with Crippen molar-refractivity contribution in [1.29, 1.82) is 0 Å². The molecule has 2 aromatic carbocycles. The minimum atomic E-state index is -0.481. The Kier molecular flexibility index (Phi) is 5.48. The molecule has 144 valence electrons. The number of rotatable bonds is 5. The Bertz CT molecular complexity index is 903. The van der Waals surface area contributed by atoms with Gasteiger partial charge in [-0.25, -0.2) is 4.68 Å². The summed E-state index contributed by atoms with van der Waals surface area (Å²) in [4.78, 5) is 14.6. The van der Waals surface area contributed by atoms with Crippen LogP contribution in [0.3, 0.4) is 0 Å². The molecule has 1 aromatic heterocycles. The van der Waals surface area contributed by atoms with Gasteiger partial charge in [0.05, 0.1) is 18.8 Å². The minimum Gasteiger partial charge on any atom is -0.388 e. The number of aliphatic hydroxyl groups is 1. The Morgan fingerprint density at radius 3 is 2.36 bits per heavy atom. The van der Waals surface area contributed by atoms with Crippen molar-refractivity contribution in [3.8, 4) is 0 Å². The van der Waals surface area contributed by atoms with Gasteiger partial charge in [0.25, 0.3) is 5.91 Å². The summed E-state index contributed by atoms with van der Waals surface area (Å²) in [6, 6.07) is 19.7. The zero-order chi connectivity index (χ0) is 19.3. The number of likely N-dealkylation sites (tertiary alicyclic amines) is 1. The third-order valence-corrected chi connectivity index (χ3v) is 5.36. The van der Waals surface area contributed by atoms with Crippen molar-refractivity contribution >= 4 is 5.91 Å². The van der Waals surface area contributed by atoms with Gasteiger partial charge in [-0.05, 0) is 29.9 Å². The van der Waals surface area contributed by atoms with Crippen LogP contribution >= 0.6 is 0 Å². The van der Waals surface area contributed by atoms with Gasteiger partial charge in [-0.2, -0.15) is 0 Å². The van der Waals surface area contributed by atoms with Crippen LogP contribution in [0.15, 0.2) is 66.9 Å². The SMILES string of the molecule is O=C(c1cn(Cc2ccccc2)nn1)N1CCC(C(O)c2ccccc2)CC1. The second-order valence-corrected chi connectivity index (χ2v) is 7.27. The molecule has 2 heterocycles. The average Bonchev–Trinajstić information content (AvgIpc) is 3.22. The molecule has 1 saturated heterocycles. The maximum atomic E-state index is 12.8. The van der Waals surface area contributed by atoms with Crippen LogP contribution in [0.25, 0.3) is 0 Å². The van der Waals surface area contributed by atoms with Crippen LogP contribution in [0, 0.1) is 5.92 Å². The van der Waals surface area contributed by atoms with Gasteiger partial charge in [-0.3, -0.25) is 4.79 Å². The first-order chi connectivity index (χ1) is 13.7. The molecule has 4 rings (SSSR count). The number of piperidine rings is 1. The fourth-order valence-electron chi connectivity index (χ4n) is 3.75. The summed E-state index contributed by atoms with van der Waals surface area (Å²) in [7, 11) is 0. The molecule has 1 unspecified atom stereocenters. The quantitative estimate of drug-likeness (QED) is 0.743. The Morgan fingerprint density at radius 1 is 1.04 bits per heavy atom. The molecule has 0 aliphatic carbocycles. The van der Waals surface area contributed by atoms with Gasteiger partial charge in [0.1, 0.15) is 0 Å². The number of carbonyl (C=O) groups excluding carboxylic acids is 1. The summed E-state index contributed by atoms with van der Waals surface area (Å²) in [6.07, 6.45) is 2.78. The van der Waals surface area contributed by atoms with E-state index in [1.54, 1.807) is 10.9 Å². The fourth-order valence-corrected chi connectivity index (χ4v) is 3.75. The van der Waals surface area contributed by atoms with Crippen LogP contribution in [-0.2, 0) is 6.54 Å². The monoisotopic (exact) mass is 376 g/mol. The van der Waals surface area contributed by atoms with E-state index in [1.165, 1.54) is 0 Å². The van der Waals surface area contributed by atoms with E-state index in [0.29, 0.717) is 25.3 Å². The van der Waals surface area contributed by atoms with Crippen molar-refractivity contribution < 1.29 is 9.90 Å². The predicted molar refractivity (Wildman–Crippen MR) is 106 cm³/mol. The van der Waals surface area contributed by atoms with Gasteiger partial charge in [0.15, 0.2) is 5.69 Å². The molecule has 28 heavy (non-hydrogen) atoms. The van der Waals surface area contributed by atoms with Crippen molar-refractivity contribution in [3.63, 3.8) is 0 Å². The highest BCUT2D eigenvalue weighted by Gasteiger charge is 2.29. The van der Waals surface area contributed by atoms with Crippen LogP contribution in [-0.4, -0.2) is 44.0 Å². The lowest BCUT2D eigenvalue weighted by Gasteiger charge is -2.34. The molecule has 1 N–H and O–H groups in total. The number of hydrogen-bond donors (Lipinski definition) is 1. The van der Waals surface area contributed by atoms with E-state index in [1.807, 2.05) is 65.6 Å². The molecule has 0 spiro atoms. The van der Waals surface area contributed by atoms with Crippen LogP contribution in [0.5, 0.6) is 0 Å². The first-order valence-electron chi connectivity index (χ1n) is 9.67. The van der Waals surface area contributed by atoms with E-state index >= 15 is 0 Å². The van der Waals surface area contributed by atoms with Crippen LogP contribution in [0.2, 0.25) is 0 Å². The third kappa shape index (κ3) is 4.12. The average molecular weight is 376 g/mol. The summed E-state index contributed by atoms with van der Waals surface area (Å²) in [5.41, 5.74) is 2.43. The molecular formula is C22H24N4O2. The molecule has 1 aliphatic rings. The van der Waals surface area contributed by atoms with Gasteiger partial charge < -0.3 is 10.0 Å².